The van der Waals surface area contributed by atoms with E-state index in [9.17, 15) is 63.1 Å². The van der Waals surface area contributed by atoms with E-state index in [-0.39, 0.29) is 162 Å². The van der Waals surface area contributed by atoms with E-state index < -0.39 is 47.2 Å². The van der Waals surface area contributed by atoms with Gasteiger partial charge in [-0.25, -0.2) is 32.3 Å². The molecule has 2 aromatic carbocycles. The van der Waals surface area contributed by atoms with Crippen LogP contribution < -0.4 is 22.5 Å². The Balaban J connectivity index is 0.000000220. The van der Waals surface area contributed by atoms with Gasteiger partial charge in [0.15, 0.2) is 11.6 Å². The Morgan fingerprint density at radius 1 is 0.580 bits per heavy atom. The fraction of sp³-hybridized carbons (Fsp3) is 0.302. The molecule has 0 atom stereocenters. The van der Waals surface area contributed by atoms with Crippen molar-refractivity contribution in [1.29, 1.82) is 0 Å². The Morgan fingerprint density at radius 2 is 1.00 bits per heavy atom. The SMILES string of the molecule is C.NC1CCC(F)(F)CC1.Nc1ccc(/C=C/C(=O)CCc2cc3cc(-c4ccc(C(=O)NC5CCC(F)(F)CC5)cn4)cc(C(F)(F)F)c3o2)cn1.Nc1ccc(/C=C/C(=O)CCc2cc3cc(-c4ccc(C(=O)O)cn4)cc(C(F)(F)F)c3o2)cn1. The van der Waals surface area contributed by atoms with Gasteiger partial charge in [0.05, 0.1) is 33.6 Å². The summed E-state index contributed by atoms with van der Waals surface area (Å²) in [7, 11) is 0. The van der Waals surface area contributed by atoms with E-state index in [1.807, 2.05) is 0 Å². The van der Waals surface area contributed by atoms with Crippen molar-refractivity contribution in [2.45, 2.75) is 121 Å². The van der Waals surface area contributed by atoms with Crippen molar-refractivity contribution >= 4 is 69.2 Å². The van der Waals surface area contributed by atoms with Gasteiger partial charge in [0.1, 0.15) is 34.3 Å². The number of benzene rings is 2. The third kappa shape index (κ3) is 18.4. The second-order valence-electron chi connectivity index (χ2n) is 20.9. The largest absolute Gasteiger partial charge is 0.478 e. The maximum absolute atomic E-state index is 14.0. The molecule has 0 unspecified atom stereocenters. The molecule has 2 saturated carbocycles. The highest BCUT2D eigenvalue weighted by Gasteiger charge is 2.38. The van der Waals surface area contributed by atoms with Crippen molar-refractivity contribution in [3.05, 3.63) is 167 Å². The number of carbonyl (C=O) groups excluding carboxylic acids is 3. The minimum atomic E-state index is -4.73. The summed E-state index contributed by atoms with van der Waals surface area (Å²) in [6.45, 7) is 0. The summed E-state index contributed by atoms with van der Waals surface area (Å²) in [5.74, 6) is -6.16. The number of fused-ring (bicyclic) bond motifs is 2. The van der Waals surface area contributed by atoms with Crippen molar-refractivity contribution < 1.29 is 77.0 Å². The number of aromatic carboxylic acids is 1. The Bertz CT molecular complexity index is 3790. The average molecular weight is 1230 g/mol. The highest BCUT2D eigenvalue weighted by molar-refractivity contribution is 5.96. The van der Waals surface area contributed by atoms with E-state index in [0.29, 0.717) is 35.6 Å². The van der Waals surface area contributed by atoms with Crippen LogP contribution in [0.2, 0.25) is 0 Å². The number of carboxylic acids is 1. The van der Waals surface area contributed by atoms with Crippen LogP contribution in [0.25, 0.3) is 56.6 Å². The van der Waals surface area contributed by atoms with Crippen molar-refractivity contribution in [3.8, 4) is 22.5 Å². The molecule has 2 fully saturated rings. The zero-order valence-electron chi connectivity index (χ0n) is 46.0. The van der Waals surface area contributed by atoms with Gasteiger partial charge in [0, 0.05) is 110 Å². The molecule has 8 aromatic rings. The van der Waals surface area contributed by atoms with Gasteiger partial charge >= 0.3 is 18.3 Å². The van der Waals surface area contributed by atoms with Crippen molar-refractivity contribution in [2.24, 2.45) is 5.73 Å². The van der Waals surface area contributed by atoms with Gasteiger partial charge in [-0.2, -0.15) is 26.3 Å². The van der Waals surface area contributed by atoms with Crippen LogP contribution in [0.5, 0.6) is 0 Å². The quantitative estimate of drug-likeness (QED) is 0.0473. The van der Waals surface area contributed by atoms with Crippen LogP contribution in [0, 0.1) is 0 Å². The normalized spacial score (nSPS) is 15.3. The molecule has 8 N–H and O–H groups in total. The standard InChI is InChI=1S/C31H27F5N4O3.C25H18F3N3O4.C6H11F2N.CH4/c32-30(33)11-9-22(10-12-30)40-29(42)19-3-7-26(38-17-19)20-13-21-14-24(43-28(21)25(15-20)31(34,35)36)6-5-23(41)4-1-18-2-8-27(37)39-16-18;26-25(27,28)20-11-16(21-7-3-15(13-30-21)24(33)34)9-17-10-19(35-23(17)20)6-5-18(32)4-1-14-2-8-22(29)31-12-14;7-6(8)3-1-5(9)2-4-6;/h1-4,7-8,13-17,22H,5-6,9-12H2,(H2,37,39)(H,40,42);1-4,7-13H,5-6H2,(H2,29,31)(H,33,34);5H,1-4,9H2;1H4/b2*4-1+;;. The van der Waals surface area contributed by atoms with E-state index in [4.69, 9.17) is 31.1 Å². The Labute approximate surface area is 497 Å². The fourth-order valence-corrected chi connectivity index (χ4v) is 9.35. The highest BCUT2D eigenvalue weighted by atomic mass is 19.4. The summed E-state index contributed by atoms with van der Waals surface area (Å²) in [5.41, 5.74) is 15.9. The van der Waals surface area contributed by atoms with Gasteiger partial charge < -0.3 is 36.5 Å². The lowest BCUT2D eigenvalue weighted by Crippen LogP contribution is -2.40. The monoisotopic (exact) mass is 1230 g/mol. The number of halogens is 10. The number of aromatic nitrogens is 4. The number of amides is 1. The minimum absolute atomic E-state index is 0. The van der Waals surface area contributed by atoms with Gasteiger partial charge in [-0.15, -0.1) is 0 Å². The second-order valence-corrected chi connectivity index (χ2v) is 20.9. The number of allylic oxidation sites excluding steroid dienone is 2. The molecule has 6 aromatic heterocycles. The summed E-state index contributed by atoms with van der Waals surface area (Å²) in [6.07, 6.45) is 2.65. The van der Waals surface area contributed by atoms with Crippen molar-refractivity contribution in [3.63, 3.8) is 0 Å². The van der Waals surface area contributed by atoms with Gasteiger partial charge in [0.25, 0.3) is 5.91 Å². The molecule has 88 heavy (non-hydrogen) atoms. The second kappa shape index (κ2) is 28.1. The zero-order chi connectivity index (χ0) is 62.8. The first-order chi connectivity index (χ1) is 41.1. The maximum atomic E-state index is 14.0. The lowest BCUT2D eigenvalue weighted by Gasteiger charge is -2.28. The summed E-state index contributed by atoms with van der Waals surface area (Å²) in [4.78, 5) is 64.2. The maximum Gasteiger partial charge on any atom is 0.420 e. The number of rotatable bonds is 15. The number of carboxylic acid groups (broad SMARTS) is 1. The number of nitrogens with zero attached hydrogens (tertiary/aromatic N) is 4. The Morgan fingerprint density at radius 3 is 1.36 bits per heavy atom. The molecule has 0 spiro atoms. The summed E-state index contributed by atoms with van der Waals surface area (Å²) in [6, 6.07) is 19.4. The molecule has 464 valence electrons. The number of carbonyl (C=O) groups is 4. The number of furan rings is 2. The number of ketones is 2. The summed E-state index contributed by atoms with van der Waals surface area (Å²) in [5, 5.41) is 12.1. The summed E-state index contributed by atoms with van der Waals surface area (Å²) >= 11 is 0. The Hall–Kier alpha value is -9.26. The third-order valence-electron chi connectivity index (χ3n) is 14.2. The first-order valence-corrected chi connectivity index (χ1v) is 27.2. The number of aryl methyl sites for hydroxylation is 2. The lowest BCUT2D eigenvalue weighted by molar-refractivity contribution is -0.137. The topological polar surface area (TPSA) is 256 Å². The molecule has 6 heterocycles. The molecule has 25 heteroatoms. The fourth-order valence-electron chi connectivity index (χ4n) is 9.35. The smallest absolute Gasteiger partial charge is 0.420 e. The summed E-state index contributed by atoms with van der Waals surface area (Å²) < 4.78 is 146. The van der Waals surface area contributed by atoms with Crippen LogP contribution in [-0.2, 0) is 34.8 Å². The predicted molar refractivity (Wildman–Crippen MR) is 311 cm³/mol. The van der Waals surface area contributed by atoms with Crippen LogP contribution in [-0.4, -0.2) is 72.4 Å². The molecule has 10 rings (SSSR count). The Kier molecular flexibility index (Phi) is 21.1. The number of nitrogen functional groups attached to an aromatic ring is 2. The zero-order valence-corrected chi connectivity index (χ0v) is 46.0. The third-order valence-corrected chi connectivity index (χ3v) is 14.2. The average Bonchev–Trinajstić information content (AvgIpc) is 1.70. The van der Waals surface area contributed by atoms with E-state index in [0.717, 1.165) is 18.3 Å². The first-order valence-electron chi connectivity index (χ1n) is 27.2. The molecule has 0 radical (unpaired) electrons. The van der Waals surface area contributed by atoms with Gasteiger partial charge in [0.2, 0.25) is 11.8 Å². The van der Waals surface area contributed by atoms with Crippen LogP contribution in [0.15, 0.2) is 131 Å². The number of alkyl halides is 10. The van der Waals surface area contributed by atoms with Crippen LogP contribution in [0.3, 0.4) is 0 Å². The molecular formula is C63H60F10N8O7. The lowest BCUT2D eigenvalue weighted by atomic mass is 9.92. The molecule has 0 saturated heterocycles. The van der Waals surface area contributed by atoms with E-state index in [1.165, 1.54) is 79.3 Å². The molecule has 0 bridgehead atoms. The first kappa shape index (κ1) is 66.3. The molecule has 0 aliphatic heterocycles. The van der Waals surface area contributed by atoms with E-state index in [1.54, 1.807) is 36.4 Å². The number of nitrogens with one attached hydrogen (secondary N) is 1. The van der Waals surface area contributed by atoms with Crippen molar-refractivity contribution in [1.82, 2.24) is 25.3 Å². The molecule has 1 amide bonds. The van der Waals surface area contributed by atoms with Crippen LogP contribution >= 0.6 is 0 Å². The van der Waals surface area contributed by atoms with Crippen LogP contribution in [0.1, 0.15) is 126 Å². The van der Waals surface area contributed by atoms with Gasteiger partial charge in [-0.1, -0.05) is 7.43 Å². The molecular weight excluding hydrogens is 1170 g/mol. The number of hydrogen-bond acceptors (Lipinski definition) is 13. The van der Waals surface area contributed by atoms with Crippen molar-refractivity contribution in [2.75, 3.05) is 11.5 Å². The van der Waals surface area contributed by atoms with Gasteiger partial charge in [-0.05, 0) is 146 Å². The molecule has 2 aliphatic carbocycles. The van der Waals surface area contributed by atoms with Gasteiger partial charge in [-0.3, -0.25) is 24.4 Å². The number of hydrogen-bond donors (Lipinski definition) is 5. The number of anilines is 2. The highest BCUT2D eigenvalue weighted by Crippen LogP contribution is 2.42. The predicted octanol–water partition coefficient (Wildman–Crippen LogP) is 14.6. The van der Waals surface area contributed by atoms with Crippen LogP contribution in [0.4, 0.5) is 55.5 Å². The van der Waals surface area contributed by atoms with E-state index in [2.05, 4.69) is 25.3 Å². The van der Waals surface area contributed by atoms with E-state index >= 15 is 0 Å². The molecule has 2 aliphatic rings. The minimum Gasteiger partial charge on any atom is -0.478 e. The molecule has 15 nitrogen and oxygen atoms in total. The number of pyridine rings is 4. The number of nitrogens with two attached hydrogens (primary N) is 3.